The van der Waals surface area contributed by atoms with E-state index in [-0.39, 0.29) is 17.9 Å². The first-order chi connectivity index (χ1) is 18.1. The molecule has 4 rings (SSSR count). The van der Waals surface area contributed by atoms with Gasteiger partial charge in [0.25, 0.3) is 0 Å². The number of amides is 2. The Labute approximate surface area is 224 Å². The molecule has 0 radical (unpaired) electrons. The molecule has 0 N–H and O–H groups in total. The monoisotopic (exact) mass is 519 g/mol. The molecule has 0 bridgehead atoms. The van der Waals surface area contributed by atoms with E-state index >= 15 is 0 Å². The van der Waals surface area contributed by atoms with Gasteiger partial charge in [-0.2, -0.15) is 0 Å². The zero-order valence-electron chi connectivity index (χ0n) is 21.9. The Morgan fingerprint density at radius 1 is 0.892 bits per heavy atom. The third-order valence-electron chi connectivity index (χ3n) is 6.74. The number of piperazine rings is 1. The van der Waals surface area contributed by atoms with Gasteiger partial charge in [0.1, 0.15) is 0 Å². The van der Waals surface area contributed by atoms with E-state index in [0.717, 1.165) is 53.7 Å². The van der Waals surface area contributed by atoms with Crippen LogP contribution in [0.2, 0.25) is 0 Å². The summed E-state index contributed by atoms with van der Waals surface area (Å²) in [6, 6.07) is 20.3. The maximum atomic E-state index is 12.9. The van der Waals surface area contributed by atoms with Crippen LogP contribution in [-0.2, 0) is 9.59 Å². The second-order valence-corrected chi connectivity index (χ2v) is 10.6. The number of aromatic nitrogens is 3. The van der Waals surface area contributed by atoms with Gasteiger partial charge in [0.05, 0.1) is 0 Å². The normalized spacial score (nSPS) is 15.7. The molecule has 0 aliphatic carbocycles. The van der Waals surface area contributed by atoms with Crippen molar-refractivity contribution in [2.75, 3.05) is 25.4 Å². The van der Waals surface area contributed by atoms with Crippen LogP contribution in [0.5, 0.6) is 0 Å². The van der Waals surface area contributed by atoms with Crippen LogP contribution >= 0.6 is 11.8 Å². The number of carbonyl (C=O) groups is 2. The SMILES string of the molecule is CCCCCC(=O)N1CCN(C(=O)CCCSc2nnc(-c3ccccc3)n2-c2ccccc2)CC1C. The van der Waals surface area contributed by atoms with Crippen molar-refractivity contribution >= 4 is 23.6 Å². The van der Waals surface area contributed by atoms with E-state index in [1.807, 2.05) is 65.3 Å². The molecule has 1 unspecified atom stereocenters. The summed E-state index contributed by atoms with van der Waals surface area (Å²) in [6.45, 7) is 6.07. The standard InChI is InChI=1S/C29H37N5O2S/c1-3-4-7-17-27(36)33-20-19-32(22-23(33)2)26(35)18-12-21-37-29-31-30-28(24-13-8-5-9-14-24)34(29)25-15-10-6-11-16-25/h5-6,8-11,13-16,23H,3-4,7,12,17-22H2,1-2H3. The highest BCUT2D eigenvalue weighted by atomic mass is 32.2. The van der Waals surface area contributed by atoms with Gasteiger partial charge in [0, 0.05) is 55.5 Å². The van der Waals surface area contributed by atoms with Crippen LogP contribution < -0.4 is 0 Å². The summed E-state index contributed by atoms with van der Waals surface area (Å²) < 4.78 is 2.08. The third kappa shape index (κ3) is 7.01. The summed E-state index contributed by atoms with van der Waals surface area (Å²) >= 11 is 1.63. The van der Waals surface area contributed by atoms with Crippen LogP contribution in [0.1, 0.15) is 52.4 Å². The third-order valence-corrected chi connectivity index (χ3v) is 7.76. The summed E-state index contributed by atoms with van der Waals surface area (Å²) in [5, 5.41) is 9.79. The minimum atomic E-state index is 0.0713. The lowest BCUT2D eigenvalue weighted by Crippen LogP contribution is -2.55. The van der Waals surface area contributed by atoms with Crippen LogP contribution in [0.25, 0.3) is 17.1 Å². The number of carbonyl (C=O) groups excluding carboxylic acids is 2. The maximum absolute atomic E-state index is 12.9. The topological polar surface area (TPSA) is 71.3 Å². The van der Waals surface area contributed by atoms with E-state index in [1.165, 1.54) is 0 Å². The molecule has 8 heteroatoms. The largest absolute Gasteiger partial charge is 0.339 e. The van der Waals surface area contributed by atoms with Crippen LogP contribution in [-0.4, -0.2) is 67.8 Å². The number of thioether (sulfide) groups is 1. The fraction of sp³-hybridized carbons (Fsp3) is 0.448. The van der Waals surface area contributed by atoms with Crippen LogP contribution in [0.3, 0.4) is 0 Å². The molecular formula is C29H37N5O2S. The van der Waals surface area contributed by atoms with E-state index in [1.54, 1.807) is 11.8 Å². The Balaban J connectivity index is 1.30. The molecule has 2 heterocycles. The predicted molar refractivity (Wildman–Crippen MR) is 149 cm³/mol. The van der Waals surface area contributed by atoms with Gasteiger partial charge in [-0.3, -0.25) is 14.2 Å². The summed E-state index contributed by atoms with van der Waals surface area (Å²) in [4.78, 5) is 29.3. The number of hydrogen-bond donors (Lipinski definition) is 0. The van der Waals surface area contributed by atoms with Crippen molar-refractivity contribution in [1.29, 1.82) is 0 Å². The lowest BCUT2D eigenvalue weighted by atomic mass is 10.1. The fourth-order valence-corrected chi connectivity index (χ4v) is 5.61. The van der Waals surface area contributed by atoms with E-state index in [0.29, 0.717) is 32.5 Å². The smallest absolute Gasteiger partial charge is 0.222 e. The Morgan fingerprint density at radius 3 is 2.30 bits per heavy atom. The van der Waals surface area contributed by atoms with Gasteiger partial charge in [0.15, 0.2) is 11.0 Å². The minimum Gasteiger partial charge on any atom is -0.339 e. The molecule has 1 aromatic heterocycles. The number of hydrogen-bond acceptors (Lipinski definition) is 5. The van der Waals surface area contributed by atoms with Crippen molar-refractivity contribution in [3.8, 4) is 17.1 Å². The lowest BCUT2D eigenvalue weighted by Gasteiger charge is -2.40. The summed E-state index contributed by atoms with van der Waals surface area (Å²) in [7, 11) is 0. The molecule has 7 nitrogen and oxygen atoms in total. The molecule has 2 aromatic carbocycles. The minimum absolute atomic E-state index is 0.0713. The summed E-state index contributed by atoms with van der Waals surface area (Å²) in [5.41, 5.74) is 2.03. The quantitative estimate of drug-likeness (QED) is 0.249. The second-order valence-electron chi connectivity index (χ2n) is 9.53. The fourth-order valence-electron chi connectivity index (χ4n) is 4.72. The molecule has 1 aliphatic heterocycles. The molecule has 1 saturated heterocycles. The lowest BCUT2D eigenvalue weighted by molar-refractivity contribution is -0.142. The number of unbranched alkanes of at least 4 members (excludes halogenated alkanes) is 2. The first-order valence-corrected chi connectivity index (χ1v) is 14.3. The Hall–Kier alpha value is -3.13. The number of nitrogens with zero attached hydrogens (tertiary/aromatic N) is 5. The molecule has 1 aliphatic rings. The summed E-state index contributed by atoms with van der Waals surface area (Å²) in [5.74, 6) is 1.97. The average molecular weight is 520 g/mol. The van der Waals surface area contributed by atoms with Gasteiger partial charge in [-0.25, -0.2) is 0 Å². The van der Waals surface area contributed by atoms with Crippen molar-refractivity contribution in [3.05, 3.63) is 60.7 Å². The first-order valence-electron chi connectivity index (χ1n) is 13.3. The van der Waals surface area contributed by atoms with Crippen LogP contribution in [0.4, 0.5) is 0 Å². The first kappa shape index (κ1) is 26.9. The molecule has 2 amide bonds. The Morgan fingerprint density at radius 2 is 1.59 bits per heavy atom. The molecule has 0 saturated carbocycles. The highest BCUT2D eigenvalue weighted by Crippen LogP contribution is 2.28. The summed E-state index contributed by atoms with van der Waals surface area (Å²) in [6.07, 6.45) is 5.02. The van der Waals surface area contributed by atoms with E-state index in [4.69, 9.17) is 0 Å². The van der Waals surface area contributed by atoms with Gasteiger partial charge in [-0.1, -0.05) is 80.1 Å². The average Bonchev–Trinajstić information content (AvgIpc) is 3.36. The Kier molecular flexibility index (Phi) is 9.77. The van der Waals surface area contributed by atoms with Crippen LogP contribution in [0.15, 0.2) is 65.8 Å². The molecule has 1 fully saturated rings. The van der Waals surface area contributed by atoms with Gasteiger partial charge in [-0.05, 0) is 31.9 Å². The highest BCUT2D eigenvalue weighted by Gasteiger charge is 2.29. The Bertz CT molecular complexity index is 1150. The van der Waals surface area contributed by atoms with E-state index < -0.39 is 0 Å². The van der Waals surface area contributed by atoms with Crippen molar-refractivity contribution < 1.29 is 9.59 Å². The zero-order chi connectivity index (χ0) is 26.0. The van der Waals surface area contributed by atoms with E-state index in [2.05, 4.69) is 33.8 Å². The zero-order valence-corrected chi connectivity index (χ0v) is 22.7. The highest BCUT2D eigenvalue weighted by molar-refractivity contribution is 7.99. The second kappa shape index (κ2) is 13.4. The van der Waals surface area contributed by atoms with Gasteiger partial charge >= 0.3 is 0 Å². The molecule has 0 spiro atoms. The molecule has 1 atom stereocenters. The molecular weight excluding hydrogens is 482 g/mol. The molecule has 196 valence electrons. The number of benzene rings is 2. The van der Waals surface area contributed by atoms with Crippen molar-refractivity contribution in [2.45, 2.75) is 63.6 Å². The van der Waals surface area contributed by atoms with Crippen molar-refractivity contribution in [1.82, 2.24) is 24.6 Å². The van der Waals surface area contributed by atoms with Crippen molar-refractivity contribution in [3.63, 3.8) is 0 Å². The molecule has 3 aromatic rings. The molecule has 37 heavy (non-hydrogen) atoms. The van der Waals surface area contributed by atoms with Crippen molar-refractivity contribution in [2.24, 2.45) is 0 Å². The van der Waals surface area contributed by atoms with Gasteiger partial charge in [0.2, 0.25) is 11.8 Å². The van der Waals surface area contributed by atoms with Crippen LogP contribution in [0, 0.1) is 0 Å². The maximum Gasteiger partial charge on any atom is 0.222 e. The number of rotatable bonds is 11. The van der Waals surface area contributed by atoms with E-state index in [9.17, 15) is 9.59 Å². The van der Waals surface area contributed by atoms with Gasteiger partial charge < -0.3 is 9.80 Å². The predicted octanol–water partition coefficient (Wildman–Crippen LogP) is 5.45. The number of para-hydroxylation sites is 1. The van der Waals surface area contributed by atoms with Gasteiger partial charge in [-0.15, -0.1) is 10.2 Å².